The zero-order valence-electron chi connectivity index (χ0n) is 11.8. The van der Waals surface area contributed by atoms with E-state index in [0.29, 0.717) is 16.2 Å². The molecule has 0 radical (unpaired) electrons. The van der Waals surface area contributed by atoms with E-state index in [0.717, 1.165) is 11.1 Å². The Labute approximate surface area is 131 Å². The van der Waals surface area contributed by atoms with E-state index in [-0.39, 0.29) is 5.82 Å². The van der Waals surface area contributed by atoms with Crippen LogP contribution in [0, 0.1) is 17.5 Å². The van der Waals surface area contributed by atoms with Gasteiger partial charge in [0.05, 0.1) is 6.21 Å². The van der Waals surface area contributed by atoms with Gasteiger partial charge in [-0.2, -0.15) is 14.9 Å². The van der Waals surface area contributed by atoms with Crippen molar-refractivity contribution < 1.29 is 4.39 Å². The van der Waals surface area contributed by atoms with Gasteiger partial charge in [0.25, 0.3) is 0 Å². The number of benzene rings is 2. The third-order valence-corrected chi connectivity index (χ3v) is 3.41. The summed E-state index contributed by atoms with van der Waals surface area (Å²) >= 11 is 5.19. The monoisotopic (exact) mass is 312 g/mol. The number of halogens is 1. The van der Waals surface area contributed by atoms with Crippen molar-refractivity contribution in [2.75, 3.05) is 0 Å². The smallest absolute Gasteiger partial charge is 0.216 e. The van der Waals surface area contributed by atoms with Gasteiger partial charge in [-0.25, -0.2) is 9.49 Å². The number of hydrogen-bond acceptors (Lipinski definition) is 3. The standard InChI is InChI=1S/C16H13FN4S/c1-11-5-4-7-12(9-11)15-19-20-16(22)21(15)18-10-13-6-2-3-8-14(13)17/h2-10H,1H3,(H,20,22). The number of aromatic nitrogens is 3. The molecule has 0 saturated heterocycles. The summed E-state index contributed by atoms with van der Waals surface area (Å²) in [5.74, 6) is 0.250. The van der Waals surface area contributed by atoms with Gasteiger partial charge in [0.15, 0.2) is 5.82 Å². The topological polar surface area (TPSA) is 46.0 Å². The van der Waals surface area contributed by atoms with Gasteiger partial charge in [0, 0.05) is 11.1 Å². The third kappa shape index (κ3) is 2.87. The number of H-pyrrole nitrogens is 1. The van der Waals surface area contributed by atoms with E-state index in [1.165, 1.54) is 17.0 Å². The first kappa shape index (κ1) is 14.3. The van der Waals surface area contributed by atoms with Crippen molar-refractivity contribution in [1.29, 1.82) is 0 Å². The Balaban J connectivity index is 2.04. The van der Waals surface area contributed by atoms with Gasteiger partial charge in [-0.1, -0.05) is 42.0 Å². The molecular weight excluding hydrogens is 299 g/mol. The molecule has 1 N–H and O–H groups in total. The van der Waals surface area contributed by atoms with Gasteiger partial charge in [-0.05, 0) is 31.3 Å². The molecule has 0 aliphatic rings. The minimum atomic E-state index is -0.335. The maximum absolute atomic E-state index is 13.6. The normalized spacial score (nSPS) is 11.2. The maximum Gasteiger partial charge on any atom is 0.216 e. The quantitative estimate of drug-likeness (QED) is 0.588. The number of rotatable bonds is 3. The van der Waals surface area contributed by atoms with Crippen LogP contribution >= 0.6 is 12.2 Å². The molecule has 0 amide bonds. The van der Waals surface area contributed by atoms with Gasteiger partial charge in [-0.15, -0.1) is 0 Å². The Hall–Kier alpha value is -2.60. The van der Waals surface area contributed by atoms with Crippen LogP contribution in [0.1, 0.15) is 11.1 Å². The van der Waals surface area contributed by atoms with Crippen molar-refractivity contribution in [3.05, 3.63) is 70.2 Å². The molecule has 0 spiro atoms. The number of hydrogen-bond donors (Lipinski definition) is 1. The predicted octanol–water partition coefficient (Wildman–Crippen LogP) is 3.94. The Morgan fingerprint density at radius 2 is 2.05 bits per heavy atom. The van der Waals surface area contributed by atoms with E-state index >= 15 is 0 Å². The predicted molar refractivity (Wildman–Crippen MR) is 87.0 cm³/mol. The summed E-state index contributed by atoms with van der Waals surface area (Å²) in [6, 6.07) is 14.3. The number of aryl methyl sites for hydroxylation is 1. The first-order valence-electron chi connectivity index (χ1n) is 6.68. The van der Waals surface area contributed by atoms with Crippen molar-refractivity contribution in [1.82, 2.24) is 14.9 Å². The molecule has 6 heteroatoms. The van der Waals surface area contributed by atoms with Crippen LogP contribution in [0.3, 0.4) is 0 Å². The Kier molecular flexibility index (Phi) is 3.93. The molecular formula is C16H13FN4S. The zero-order chi connectivity index (χ0) is 15.5. The number of nitrogens with one attached hydrogen (secondary N) is 1. The van der Waals surface area contributed by atoms with Crippen LogP contribution in [0.25, 0.3) is 11.4 Å². The molecule has 1 heterocycles. The lowest BCUT2D eigenvalue weighted by Gasteiger charge is -2.02. The second-order valence-electron chi connectivity index (χ2n) is 4.80. The molecule has 0 aliphatic heterocycles. The molecule has 0 atom stereocenters. The molecule has 22 heavy (non-hydrogen) atoms. The van der Waals surface area contributed by atoms with E-state index in [1.807, 2.05) is 31.2 Å². The maximum atomic E-state index is 13.6. The van der Waals surface area contributed by atoms with Crippen molar-refractivity contribution in [2.45, 2.75) is 6.92 Å². The second kappa shape index (κ2) is 6.03. The van der Waals surface area contributed by atoms with Crippen molar-refractivity contribution in [3.63, 3.8) is 0 Å². The highest BCUT2D eigenvalue weighted by Gasteiger charge is 2.08. The van der Waals surface area contributed by atoms with Crippen LogP contribution in [0.4, 0.5) is 4.39 Å². The van der Waals surface area contributed by atoms with E-state index < -0.39 is 0 Å². The lowest BCUT2D eigenvalue weighted by atomic mass is 10.1. The molecule has 0 fully saturated rings. The fraction of sp³-hybridized carbons (Fsp3) is 0.0625. The van der Waals surface area contributed by atoms with Crippen LogP contribution in [-0.2, 0) is 0 Å². The Bertz CT molecular complexity index is 895. The first-order chi connectivity index (χ1) is 10.6. The van der Waals surface area contributed by atoms with Crippen molar-refractivity contribution >= 4 is 18.4 Å². The summed E-state index contributed by atoms with van der Waals surface area (Å²) in [6.45, 7) is 2.00. The molecule has 3 rings (SSSR count). The van der Waals surface area contributed by atoms with Crippen LogP contribution < -0.4 is 0 Å². The lowest BCUT2D eigenvalue weighted by Crippen LogP contribution is -1.96. The summed E-state index contributed by atoms with van der Waals surface area (Å²) in [6.07, 6.45) is 1.43. The van der Waals surface area contributed by atoms with Crippen LogP contribution in [0.15, 0.2) is 53.6 Å². The summed E-state index contributed by atoms with van der Waals surface area (Å²) < 4.78 is 15.5. The average molecular weight is 312 g/mol. The summed E-state index contributed by atoms with van der Waals surface area (Å²) in [7, 11) is 0. The highest BCUT2D eigenvalue weighted by molar-refractivity contribution is 7.71. The molecule has 0 aliphatic carbocycles. The van der Waals surface area contributed by atoms with Crippen molar-refractivity contribution in [3.8, 4) is 11.4 Å². The summed E-state index contributed by atoms with van der Waals surface area (Å²) in [4.78, 5) is 0. The lowest BCUT2D eigenvalue weighted by molar-refractivity contribution is 0.625. The van der Waals surface area contributed by atoms with Crippen LogP contribution in [-0.4, -0.2) is 21.1 Å². The molecule has 3 aromatic rings. The van der Waals surface area contributed by atoms with Gasteiger partial charge in [-0.3, -0.25) is 0 Å². The van der Waals surface area contributed by atoms with Crippen LogP contribution in [0.5, 0.6) is 0 Å². The average Bonchev–Trinajstić information content (AvgIpc) is 2.87. The van der Waals surface area contributed by atoms with Gasteiger partial charge >= 0.3 is 0 Å². The van der Waals surface area contributed by atoms with Crippen LogP contribution in [0.2, 0.25) is 0 Å². The minimum Gasteiger partial charge on any atom is -0.250 e. The van der Waals surface area contributed by atoms with Gasteiger partial charge in [0.2, 0.25) is 4.77 Å². The zero-order valence-corrected chi connectivity index (χ0v) is 12.6. The van der Waals surface area contributed by atoms with E-state index in [4.69, 9.17) is 12.2 Å². The number of aromatic amines is 1. The van der Waals surface area contributed by atoms with Crippen molar-refractivity contribution in [2.24, 2.45) is 5.10 Å². The largest absolute Gasteiger partial charge is 0.250 e. The Morgan fingerprint density at radius 1 is 1.23 bits per heavy atom. The molecule has 110 valence electrons. The second-order valence-corrected chi connectivity index (χ2v) is 5.19. The molecule has 0 unspecified atom stereocenters. The minimum absolute atomic E-state index is 0.335. The first-order valence-corrected chi connectivity index (χ1v) is 7.09. The van der Waals surface area contributed by atoms with E-state index in [9.17, 15) is 4.39 Å². The van der Waals surface area contributed by atoms with E-state index in [2.05, 4.69) is 15.3 Å². The summed E-state index contributed by atoms with van der Waals surface area (Å²) in [5.41, 5.74) is 2.38. The molecule has 2 aromatic carbocycles. The van der Waals surface area contributed by atoms with Gasteiger partial charge in [0.1, 0.15) is 5.82 Å². The molecule has 0 saturated carbocycles. The third-order valence-electron chi connectivity index (χ3n) is 3.14. The molecule has 1 aromatic heterocycles. The molecule has 4 nitrogen and oxygen atoms in total. The highest BCUT2D eigenvalue weighted by Crippen LogP contribution is 2.18. The summed E-state index contributed by atoms with van der Waals surface area (Å²) in [5, 5.41) is 11.2. The SMILES string of the molecule is Cc1cccc(-c2n[nH]c(=S)n2N=Cc2ccccc2F)c1. The van der Waals surface area contributed by atoms with E-state index in [1.54, 1.807) is 18.2 Å². The fourth-order valence-electron chi connectivity index (χ4n) is 2.07. The molecule has 0 bridgehead atoms. The fourth-order valence-corrected chi connectivity index (χ4v) is 2.25. The highest BCUT2D eigenvalue weighted by atomic mass is 32.1. The Morgan fingerprint density at radius 3 is 2.82 bits per heavy atom. The van der Waals surface area contributed by atoms with Gasteiger partial charge < -0.3 is 0 Å². The number of nitrogens with zero attached hydrogens (tertiary/aromatic N) is 3.